The quantitative estimate of drug-likeness (QED) is 0.425. The maximum Gasteiger partial charge on any atom is 0.108 e. The van der Waals surface area contributed by atoms with Gasteiger partial charge in [0.2, 0.25) is 0 Å². The second kappa shape index (κ2) is 1.75. The lowest BCUT2D eigenvalue weighted by molar-refractivity contribution is 0.410. The summed E-state index contributed by atoms with van der Waals surface area (Å²) in [6, 6.07) is 1.40. The minimum absolute atomic E-state index is 1.20. The van der Waals surface area contributed by atoms with Crippen LogP contribution in [-0.2, 0) is 0 Å². The van der Waals surface area contributed by atoms with Crippen molar-refractivity contribution < 1.29 is 0 Å². The monoisotopic (exact) mass is 128 g/mol. The van der Waals surface area contributed by atoms with Crippen LogP contribution in [0.1, 0.15) is 19.3 Å². The highest BCUT2D eigenvalue weighted by molar-refractivity contribution is 4.94. The molecule has 0 spiro atoms. The molecule has 9 heavy (non-hydrogen) atoms. The van der Waals surface area contributed by atoms with E-state index >= 15 is 0 Å². The van der Waals surface area contributed by atoms with Crippen LogP contribution < -0.4 is 0 Å². The van der Waals surface area contributed by atoms with Gasteiger partial charge >= 0.3 is 0 Å². The van der Waals surface area contributed by atoms with Gasteiger partial charge in [-0.1, -0.05) is 0 Å². The first-order valence-corrected chi connectivity index (χ1v) is 3.13. The molecule has 0 bridgehead atoms. The van der Waals surface area contributed by atoms with Gasteiger partial charge < -0.3 is 0 Å². The molecule has 0 saturated heterocycles. The van der Waals surface area contributed by atoms with Crippen molar-refractivity contribution in [2.24, 2.45) is 0 Å². The number of H-pyrrole nitrogens is 4. The number of nitrogens with zero attached hydrogens (tertiary/aromatic N) is 1. The Bertz CT molecular complexity index is 177. The molecule has 1 radical (unpaired) electrons. The molecule has 2 rings (SSSR count). The zero-order valence-electron chi connectivity index (χ0n) is 5.07. The van der Waals surface area contributed by atoms with Crippen LogP contribution in [0.2, 0.25) is 0 Å². The SMILES string of the molecule is C1C[C](n2[nH][nH][nH][nH]2)C1. The molecule has 4 N–H and O–H groups in total. The summed E-state index contributed by atoms with van der Waals surface area (Å²) in [5, 5.41) is 11.2. The average Bonchev–Trinajstić information content (AvgIpc) is 2.11. The summed E-state index contributed by atoms with van der Waals surface area (Å²) in [5.41, 5.74) is 0. The highest BCUT2D eigenvalue weighted by Gasteiger charge is 2.20. The molecule has 1 aliphatic rings. The Balaban J connectivity index is 2.14. The number of rotatable bonds is 1. The smallest absolute Gasteiger partial charge is 0.108 e. The number of hydrogen-bond donors (Lipinski definition) is 4. The van der Waals surface area contributed by atoms with Crippen molar-refractivity contribution >= 4 is 0 Å². The first kappa shape index (κ1) is 4.84. The van der Waals surface area contributed by atoms with Crippen LogP contribution >= 0.6 is 0 Å². The molecule has 1 fully saturated rings. The van der Waals surface area contributed by atoms with E-state index in [1.54, 1.807) is 0 Å². The summed E-state index contributed by atoms with van der Waals surface area (Å²) in [4.78, 5) is 1.86. The van der Waals surface area contributed by atoms with Crippen LogP contribution in [0, 0.1) is 6.04 Å². The van der Waals surface area contributed by atoms with Crippen LogP contribution in [0.3, 0.4) is 0 Å². The van der Waals surface area contributed by atoms with Gasteiger partial charge in [-0.25, -0.2) is 20.9 Å². The van der Waals surface area contributed by atoms with Gasteiger partial charge in [0, 0.05) is 0 Å². The lowest BCUT2D eigenvalue weighted by Gasteiger charge is -2.23. The molecule has 0 atom stereocenters. The van der Waals surface area contributed by atoms with E-state index in [9.17, 15) is 0 Å². The van der Waals surface area contributed by atoms with E-state index in [4.69, 9.17) is 0 Å². The maximum absolute atomic E-state index is 2.88. The number of hydrogen-bond acceptors (Lipinski definition) is 0. The number of aromatic amines is 4. The summed E-state index contributed by atoms with van der Waals surface area (Å²) in [7, 11) is 0. The summed E-state index contributed by atoms with van der Waals surface area (Å²) >= 11 is 0. The maximum atomic E-state index is 2.88. The molecule has 5 nitrogen and oxygen atoms in total. The number of aromatic nitrogens is 5. The molecule has 0 unspecified atom stereocenters. The first-order valence-electron chi connectivity index (χ1n) is 3.13. The fraction of sp³-hybridized carbons (Fsp3) is 0.750. The van der Waals surface area contributed by atoms with E-state index < -0.39 is 0 Å². The van der Waals surface area contributed by atoms with E-state index in [0.29, 0.717) is 0 Å². The van der Waals surface area contributed by atoms with Crippen molar-refractivity contribution in [2.45, 2.75) is 19.3 Å². The van der Waals surface area contributed by atoms with Crippen molar-refractivity contribution in [1.82, 2.24) is 25.7 Å². The Morgan fingerprint density at radius 3 is 2.22 bits per heavy atom. The van der Waals surface area contributed by atoms with Crippen molar-refractivity contribution in [3.05, 3.63) is 6.04 Å². The molecule has 1 aromatic heterocycles. The summed E-state index contributed by atoms with van der Waals surface area (Å²) in [6.45, 7) is 0. The molecule has 1 saturated carbocycles. The Hall–Kier alpha value is -1.00. The Morgan fingerprint density at radius 1 is 1.11 bits per heavy atom. The van der Waals surface area contributed by atoms with E-state index in [1.165, 1.54) is 25.3 Å². The van der Waals surface area contributed by atoms with Crippen molar-refractivity contribution in [2.75, 3.05) is 0 Å². The topological polar surface area (TPSA) is 68.1 Å². The van der Waals surface area contributed by atoms with Gasteiger partial charge in [0.1, 0.15) is 6.04 Å². The van der Waals surface area contributed by atoms with Crippen molar-refractivity contribution in [3.63, 3.8) is 0 Å². The molecule has 0 aliphatic heterocycles. The molecule has 51 valence electrons. The third kappa shape index (κ3) is 0.684. The van der Waals surface area contributed by atoms with Crippen molar-refractivity contribution in [3.8, 4) is 0 Å². The largest absolute Gasteiger partial charge is 0.213 e. The highest BCUT2D eigenvalue weighted by Crippen LogP contribution is 2.27. The normalized spacial score (nSPS) is 19.6. The Morgan fingerprint density at radius 2 is 1.78 bits per heavy atom. The Labute approximate surface area is 52.0 Å². The molecule has 1 aliphatic carbocycles. The molecular formula is C4H10N5. The van der Waals surface area contributed by atoms with Gasteiger partial charge in [-0.15, -0.1) is 0 Å². The zero-order chi connectivity index (χ0) is 6.10. The van der Waals surface area contributed by atoms with Gasteiger partial charge in [0.15, 0.2) is 0 Å². The fourth-order valence-electron chi connectivity index (χ4n) is 0.912. The standard InChI is InChI=1S/C4H10N5/c1-2-4(3-1)9-7-5-6-8-9/h5-8H,1-3H2. The van der Waals surface area contributed by atoms with Crippen LogP contribution in [0.4, 0.5) is 0 Å². The molecule has 0 amide bonds. The summed E-state index contributed by atoms with van der Waals surface area (Å²) in [6.07, 6.45) is 3.71. The number of nitrogens with one attached hydrogen (secondary N) is 4. The van der Waals surface area contributed by atoms with Gasteiger partial charge in [-0.3, -0.25) is 0 Å². The minimum Gasteiger partial charge on any atom is -0.213 e. The first-order chi connectivity index (χ1) is 4.47. The third-order valence-electron chi connectivity index (χ3n) is 1.64. The van der Waals surface area contributed by atoms with E-state index in [1.807, 2.05) is 4.80 Å². The van der Waals surface area contributed by atoms with Crippen LogP contribution in [0.25, 0.3) is 0 Å². The fourth-order valence-corrected chi connectivity index (χ4v) is 0.912. The van der Waals surface area contributed by atoms with Crippen LogP contribution in [-0.4, -0.2) is 25.7 Å². The summed E-state index contributed by atoms with van der Waals surface area (Å²) < 4.78 is 0. The van der Waals surface area contributed by atoms with Gasteiger partial charge in [-0.2, -0.15) is 4.80 Å². The Kier molecular flexibility index (Phi) is 0.941. The van der Waals surface area contributed by atoms with Crippen LogP contribution in [0.15, 0.2) is 0 Å². The van der Waals surface area contributed by atoms with Gasteiger partial charge in [-0.05, 0) is 19.3 Å². The molecular weight excluding hydrogens is 118 g/mol. The molecule has 1 aromatic rings. The van der Waals surface area contributed by atoms with Crippen molar-refractivity contribution in [1.29, 1.82) is 0 Å². The molecule has 5 heteroatoms. The second-order valence-corrected chi connectivity index (χ2v) is 2.23. The average molecular weight is 128 g/mol. The molecule has 0 aromatic carbocycles. The van der Waals surface area contributed by atoms with Crippen LogP contribution in [0.5, 0.6) is 0 Å². The second-order valence-electron chi connectivity index (χ2n) is 2.23. The van der Waals surface area contributed by atoms with E-state index in [2.05, 4.69) is 20.9 Å². The summed E-state index contributed by atoms with van der Waals surface area (Å²) in [5.74, 6) is 0. The predicted molar refractivity (Wildman–Crippen MR) is 32.0 cm³/mol. The third-order valence-corrected chi connectivity index (χ3v) is 1.64. The highest BCUT2D eigenvalue weighted by atomic mass is 15.7. The zero-order valence-corrected chi connectivity index (χ0v) is 5.07. The van der Waals surface area contributed by atoms with E-state index in [0.717, 1.165) is 0 Å². The molecule has 1 heterocycles. The van der Waals surface area contributed by atoms with E-state index in [-0.39, 0.29) is 0 Å². The predicted octanol–water partition coefficient (Wildman–Crippen LogP) is 0.489. The lowest BCUT2D eigenvalue weighted by atomic mass is 9.94. The van der Waals surface area contributed by atoms with Gasteiger partial charge in [0.25, 0.3) is 0 Å². The van der Waals surface area contributed by atoms with Gasteiger partial charge in [0.05, 0.1) is 0 Å². The lowest BCUT2D eigenvalue weighted by Crippen LogP contribution is -2.20. The minimum atomic E-state index is 1.20.